The summed E-state index contributed by atoms with van der Waals surface area (Å²) in [5.41, 5.74) is 5.45. The number of nitrogens with one attached hydrogen (secondary N) is 2. The van der Waals surface area contributed by atoms with E-state index in [0.717, 1.165) is 80.4 Å². The minimum atomic E-state index is -0.286. The molecule has 9 nitrogen and oxygen atoms in total. The Balaban J connectivity index is 1.04. The van der Waals surface area contributed by atoms with E-state index >= 15 is 0 Å². The summed E-state index contributed by atoms with van der Waals surface area (Å²) in [6, 6.07) is 27.7. The number of likely N-dealkylation sites (N-methyl/N-ethyl adjacent to an activating group) is 1. The highest BCUT2D eigenvalue weighted by atomic mass is 16.5. The van der Waals surface area contributed by atoms with Crippen molar-refractivity contribution in [3.8, 4) is 22.6 Å². The number of fused-ring (bicyclic) bond motifs is 2. The highest BCUT2D eigenvalue weighted by Gasteiger charge is 2.34. The number of rotatable bonds is 6. The first-order chi connectivity index (χ1) is 21.1. The molecule has 0 radical (unpaired) electrons. The van der Waals surface area contributed by atoms with Gasteiger partial charge in [-0.2, -0.15) is 0 Å². The van der Waals surface area contributed by atoms with Gasteiger partial charge in [0.2, 0.25) is 0 Å². The molecule has 2 unspecified atom stereocenters. The maximum atomic E-state index is 12.8. The molecule has 3 saturated heterocycles. The fraction of sp³-hybridized carbons (Fsp3) is 0.324. The van der Waals surface area contributed by atoms with Crippen LogP contribution in [0.1, 0.15) is 12.8 Å². The molecule has 3 aromatic carbocycles. The number of amides is 2. The summed E-state index contributed by atoms with van der Waals surface area (Å²) in [5, 5.41) is 5.88. The third-order valence-electron chi connectivity index (χ3n) is 8.54. The van der Waals surface area contributed by atoms with E-state index in [9.17, 15) is 4.79 Å². The smallest absolute Gasteiger partial charge is 0.323 e. The van der Waals surface area contributed by atoms with Gasteiger partial charge in [-0.05, 0) is 68.4 Å². The number of hydrogen-bond donors (Lipinski definition) is 2. The largest absolute Gasteiger partial charge is 0.371 e. The molecule has 2 atom stereocenters. The maximum Gasteiger partial charge on any atom is 0.323 e. The number of morpholine rings is 1. The molecule has 9 heteroatoms. The highest BCUT2D eigenvalue weighted by molar-refractivity contribution is 6.00. The van der Waals surface area contributed by atoms with Crippen LogP contribution in [-0.4, -0.2) is 79.4 Å². The third kappa shape index (κ3) is 6.33. The second-order valence-corrected chi connectivity index (χ2v) is 11.7. The van der Waals surface area contributed by atoms with Gasteiger partial charge in [-0.3, -0.25) is 0 Å². The predicted molar refractivity (Wildman–Crippen MR) is 172 cm³/mol. The highest BCUT2D eigenvalue weighted by Crippen LogP contribution is 2.32. The molecule has 2 N–H and O–H groups in total. The molecular weight excluding hydrogens is 538 g/mol. The Hall–Kier alpha value is -4.47. The van der Waals surface area contributed by atoms with Crippen molar-refractivity contribution in [2.24, 2.45) is 0 Å². The lowest BCUT2D eigenvalue weighted by Crippen LogP contribution is -2.44. The molecule has 3 fully saturated rings. The quantitative estimate of drug-likeness (QED) is 0.311. The van der Waals surface area contributed by atoms with E-state index in [1.54, 1.807) is 0 Å². The van der Waals surface area contributed by atoms with Crippen LogP contribution in [0.5, 0.6) is 0 Å². The van der Waals surface area contributed by atoms with Crippen LogP contribution >= 0.6 is 0 Å². The van der Waals surface area contributed by atoms with Gasteiger partial charge in [0.25, 0.3) is 0 Å². The lowest BCUT2D eigenvalue weighted by Gasteiger charge is -2.34. The van der Waals surface area contributed by atoms with Crippen molar-refractivity contribution in [2.75, 3.05) is 66.7 Å². The summed E-state index contributed by atoms with van der Waals surface area (Å²) < 4.78 is 6.07. The average molecular weight is 576 g/mol. The number of ether oxygens (including phenoxy) is 1. The lowest BCUT2D eigenvalue weighted by molar-refractivity contribution is 0.0302. The number of carbonyl (C=O) groups is 1. The molecule has 43 heavy (non-hydrogen) atoms. The Morgan fingerprint density at radius 3 is 2.02 bits per heavy atom. The van der Waals surface area contributed by atoms with Crippen LogP contribution in [0.2, 0.25) is 0 Å². The van der Waals surface area contributed by atoms with E-state index in [-0.39, 0.29) is 18.2 Å². The van der Waals surface area contributed by atoms with E-state index in [1.165, 1.54) is 5.69 Å². The first kappa shape index (κ1) is 27.4. The maximum absolute atomic E-state index is 12.8. The van der Waals surface area contributed by atoms with Gasteiger partial charge in [-0.25, -0.2) is 14.8 Å². The minimum Gasteiger partial charge on any atom is -0.371 e. The van der Waals surface area contributed by atoms with Crippen molar-refractivity contribution in [1.82, 2.24) is 14.9 Å². The zero-order chi connectivity index (χ0) is 29.2. The van der Waals surface area contributed by atoms with Crippen molar-refractivity contribution < 1.29 is 9.53 Å². The molecule has 1 aromatic heterocycles. The van der Waals surface area contributed by atoms with Gasteiger partial charge in [0, 0.05) is 73.5 Å². The van der Waals surface area contributed by atoms with Crippen LogP contribution in [0.15, 0.2) is 84.9 Å². The second kappa shape index (κ2) is 12.0. The van der Waals surface area contributed by atoms with Crippen molar-refractivity contribution in [3.05, 3.63) is 84.9 Å². The summed E-state index contributed by atoms with van der Waals surface area (Å²) in [4.78, 5) is 29.7. The molecule has 0 aliphatic carbocycles. The van der Waals surface area contributed by atoms with Gasteiger partial charge in [-0.15, -0.1) is 0 Å². The number of aromatic nitrogens is 2. The minimum absolute atomic E-state index is 0.267. The van der Waals surface area contributed by atoms with Crippen LogP contribution in [0, 0.1) is 0 Å². The molecule has 220 valence electrons. The summed E-state index contributed by atoms with van der Waals surface area (Å²) in [6.45, 7) is 5.83. The Morgan fingerprint density at radius 2 is 1.37 bits per heavy atom. The average Bonchev–Trinajstić information content (AvgIpc) is 3.39. The number of anilines is 4. The van der Waals surface area contributed by atoms with Crippen molar-refractivity contribution in [3.63, 3.8) is 0 Å². The van der Waals surface area contributed by atoms with E-state index in [4.69, 9.17) is 14.7 Å². The van der Waals surface area contributed by atoms with Gasteiger partial charge in [-0.1, -0.05) is 30.3 Å². The molecular formula is C34H37N7O2. The Labute approximate surface area is 252 Å². The van der Waals surface area contributed by atoms with Gasteiger partial charge < -0.3 is 30.1 Å². The number of urea groups is 1. The van der Waals surface area contributed by atoms with Gasteiger partial charge in [0.15, 0.2) is 5.82 Å². The van der Waals surface area contributed by atoms with Crippen LogP contribution < -0.4 is 20.4 Å². The van der Waals surface area contributed by atoms with Crippen molar-refractivity contribution >= 4 is 28.9 Å². The molecule has 0 spiro atoms. The van der Waals surface area contributed by atoms with E-state index in [2.05, 4.69) is 62.7 Å². The third-order valence-corrected chi connectivity index (χ3v) is 8.54. The molecule has 4 aromatic rings. The van der Waals surface area contributed by atoms with Gasteiger partial charge in [0.1, 0.15) is 5.82 Å². The molecule has 4 heterocycles. The monoisotopic (exact) mass is 575 g/mol. The van der Waals surface area contributed by atoms with E-state index < -0.39 is 0 Å². The summed E-state index contributed by atoms with van der Waals surface area (Å²) >= 11 is 0. The van der Waals surface area contributed by atoms with Crippen molar-refractivity contribution in [1.29, 1.82) is 0 Å². The topological polar surface area (TPSA) is 85.9 Å². The summed E-state index contributed by atoms with van der Waals surface area (Å²) in [5.74, 6) is 1.58. The molecule has 3 aliphatic heterocycles. The molecule has 2 bridgehead atoms. The van der Waals surface area contributed by atoms with Gasteiger partial charge >= 0.3 is 6.03 Å². The van der Waals surface area contributed by atoms with E-state index in [0.29, 0.717) is 11.5 Å². The fourth-order valence-corrected chi connectivity index (χ4v) is 6.10. The normalized spacial score (nSPS) is 20.2. The summed E-state index contributed by atoms with van der Waals surface area (Å²) in [6.07, 6.45) is 2.75. The Bertz CT molecular complexity index is 1540. The first-order valence-electron chi connectivity index (χ1n) is 15.1. The molecule has 7 rings (SSSR count). The SMILES string of the molecule is CN1CCN(c2ccc(NC(=O)Nc3ccc(-c4nc(-c5ccccc5)cc(N5CC6CCC(C5)O6)n4)cc3)cc2)CC1. The van der Waals surface area contributed by atoms with Crippen LogP contribution in [0.25, 0.3) is 22.6 Å². The zero-order valence-electron chi connectivity index (χ0n) is 24.4. The molecule has 3 aliphatic rings. The molecule has 2 amide bonds. The summed E-state index contributed by atoms with van der Waals surface area (Å²) in [7, 11) is 2.15. The predicted octanol–water partition coefficient (Wildman–Crippen LogP) is 5.57. The number of carbonyl (C=O) groups excluding carboxylic acids is 1. The van der Waals surface area contributed by atoms with Crippen molar-refractivity contribution in [2.45, 2.75) is 25.0 Å². The number of benzene rings is 3. The van der Waals surface area contributed by atoms with Crippen LogP contribution in [0.4, 0.5) is 27.7 Å². The van der Waals surface area contributed by atoms with Crippen LogP contribution in [-0.2, 0) is 4.74 Å². The molecule has 0 saturated carbocycles. The zero-order valence-corrected chi connectivity index (χ0v) is 24.4. The number of nitrogens with zero attached hydrogens (tertiary/aromatic N) is 5. The lowest BCUT2D eigenvalue weighted by atomic mass is 10.1. The first-order valence-corrected chi connectivity index (χ1v) is 15.1. The van der Waals surface area contributed by atoms with Crippen LogP contribution in [0.3, 0.4) is 0 Å². The number of hydrogen-bond acceptors (Lipinski definition) is 7. The number of piperazine rings is 1. The standard InChI is InChI=1S/C34H37N7O2/c1-39-17-19-40(20-18-39)28-13-11-27(12-14-28)36-34(42)35-26-9-7-25(8-10-26)33-37-31(24-5-3-2-4-6-24)21-32(38-33)41-22-29-15-16-30(23-41)43-29/h2-14,21,29-30H,15-20,22-23H2,1H3,(H2,35,36,42). The Kier molecular flexibility index (Phi) is 7.65. The Morgan fingerprint density at radius 1 is 0.744 bits per heavy atom. The van der Waals surface area contributed by atoms with Gasteiger partial charge in [0.05, 0.1) is 17.9 Å². The van der Waals surface area contributed by atoms with E-state index in [1.807, 2.05) is 54.6 Å². The second-order valence-electron chi connectivity index (χ2n) is 11.7. The fourth-order valence-electron chi connectivity index (χ4n) is 6.10.